The van der Waals surface area contributed by atoms with Gasteiger partial charge in [0, 0.05) is 44.1 Å². The minimum Gasteiger partial charge on any atom is -0.378 e. The van der Waals surface area contributed by atoms with Crippen LogP contribution in [0.5, 0.6) is 0 Å². The molecule has 0 spiro atoms. The number of ether oxygens (including phenoxy) is 1. The summed E-state index contributed by atoms with van der Waals surface area (Å²) in [6.45, 7) is 8.20. The van der Waals surface area contributed by atoms with E-state index in [-0.39, 0.29) is 0 Å². The Morgan fingerprint density at radius 2 is 1.42 bits per heavy atom. The van der Waals surface area contributed by atoms with E-state index in [1.165, 1.54) is 17.8 Å². The van der Waals surface area contributed by atoms with Gasteiger partial charge in [-0.05, 0) is 37.2 Å². The molecule has 2 aliphatic rings. The molecule has 2 fully saturated rings. The maximum atomic E-state index is 5.40. The molecule has 19 heavy (non-hydrogen) atoms. The Morgan fingerprint density at radius 1 is 0.789 bits per heavy atom. The second kappa shape index (κ2) is 6.26. The van der Waals surface area contributed by atoms with Crippen molar-refractivity contribution in [3.8, 4) is 0 Å². The fourth-order valence-electron chi connectivity index (χ4n) is 2.80. The first-order chi connectivity index (χ1) is 9.43. The van der Waals surface area contributed by atoms with Gasteiger partial charge < -0.3 is 19.9 Å². The molecule has 1 aromatic rings. The van der Waals surface area contributed by atoms with Gasteiger partial charge >= 0.3 is 0 Å². The second-order valence-electron chi connectivity index (χ2n) is 5.21. The molecule has 0 atom stereocenters. The van der Waals surface area contributed by atoms with Gasteiger partial charge in [-0.2, -0.15) is 0 Å². The van der Waals surface area contributed by atoms with Crippen LogP contribution in [-0.2, 0) is 4.74 Å². The molecule has 0 radical (unpaired) electrons. The highest BCUT2D eigenvalue weighted by Gasteiger charge is 2.13. The molecule has 1 aromatic carbocycles. The van der Waals surface area contributed by atoms with E-state index >= 15 is 0 Å². The summed E-state index contributed by atoms with van der Waals surface area (Å²) < 4.78 is 5.40. The van der Waals surface area contributed by atoms with Crippen LogP contribution in [0.4, 0.5) is 11.4 Å². The highest BCUT2D eigenvalue weighted by Crippen LogP contribution is 2.22. The topological polar surface area (TPSA) is 27.7 Å². The van der Waals surface area contributed by atoms with Gasteiger partial charge in [-0.25, -0.2) is 0 Å². The SMILES string of the molecule is c1cc(N2CCOCC2)ccc1N1CCCNCC1. The first-order valence-corrected chi connectivity index (χ1v) is 7.32. The van der Waals surface area contributed by atoms with E-state index in [0.717, 1.165) is 52.5 Å². The number of hydrogen-bond acceptors (Lipinski definition) is 4. The summed E-state index contributed by atoms with van der Waals surface area (Å²) in [5, 5.41) is 3.45. The normalized spacial score (nSPS) is 21.3. The molecule has 0 amide bonds. The van der Waals surface area contributed by atoms with Gasteiger partial charge in [-0.15, -0.1) is 0 Å². The zero-order chi connectivity index (χ0) is 12.9. The molecule has 0 bridgehead atoms. The summed E-state index contributed by atoms with van der Waals surface area (Å²) in [6.07, 6.45) is 1.23. The zero-order valence-electron chi connectivity index (χ0n) is 11.5. The molecule has 0 saturated carbocycles. The van der Waals surface area contributed by atoms with Gasteiger partial charge in [-0.3, -0.25) is 0 Å². The molecular weight excluding hydrogens is 238 g/mol. The Labute approximate surface area is 115 Å². The minimum absolute atomic E-state index is 0.847. The van der Waals surface area contributed by atoms with Gasteiger partial charge in [-0.1, -0.05) is 0 Å². The number of nitrogens with one attached hydrogen (secondary N) is 1. The van der Waals surface area contributed by atoms with Crippen LogP contribution in [0.3, 0.4) is 0 Å². The van der Waals surface area contributed by atoms with Gasteiger partial charge in [0.15, 0.2) is 0 Å². The van der Waals surface area contributed by atoms with Crippen molar-refractivity contribution in [2.45, 2.75) is 6.42 Å². The lowest BCUT2D eigenvalue weighted by Gasteiger charge is -2.29. The number of anilines is 2. The van der Waals surface area contributed by atoms with Gasteiger partial charge in [0.1, 0.15) is 0 Å². The predicted octanol–water partition coefficient (Wildman–Crippen LogP) is 1.32. The van der Waals surface area contributed by atoms with E-state index < -0.39 is 0 Å². The Kier molecular flexibility index (Phi) is 4.20. The summed E-state index contributed by atoms with van der Waals surface area (Å²) in [7, 11) is 0. The van der Waals surface area contributed by atoms with Gasteiger partial charge in [0.05, 0.1) is 13.2 Å². The minimum atomic E-state index is 0.847. The summed E-state index contributed by atoms with van der Waals surface area (Å²) in [4.78, 5) is 4.88. The van der Waals surface area contributed by atoms with Crippen LogP contribution in [0.1, 0.15) is 6.42 Å². The molecule has 0 unspecified atom stereocenters. The largest absolute Gasteiger partial charge is 0.378 e. The van der Waals surface area contributed by atoms with E-state index in [4.69, 9.17) is 4.74 Å². The summed E-state index contributed by atoms with van der Waals surface area (Å²) >= 11 is 0. The fraction of sp³-hybridized carbons (Fsp3) is 0.600. The van der Waals surface area contributed by atoms with Crippen LogP contribution in [0.2, 0.25) is 0 Å². The van der Waals surface area contributed by atoms with E-state index in [0.29, 0.717) is 0 Å². The van der Waals surface area contributed by atoms with E-state index in [9.17, 15) is 0 Å². The lowest BCUT2D eigenvalue weighted by Crippen LogP contribution is -2.36. The molecule has 4 heteroatoms. The predicted molar refractivity (Wildman–Crippen MR) is 79.2 cm³/mol. The lowest BCUT2D eigenvalue weighted by molar-refractivity contribution is 0.122. The monoisotopic (exact) mass is 261 g/mol. The third-order valence-electron chi connectivity index (χ3n) is 3.93. The lowest BCUT2D eigenvalue weighted by atomic mass is 10.2. The van der Waals surface area contributed by atoms with Crippen molar-refractivity contribution in [3.05, 3.63) is 24.3 Å². The number of rotatable bonds is 2. The summed E-state index contributed by atoms with van der Waals surface area (Å²) in [5.74, 6) is 0. The van der Waals surface area contributed by atoms with Crippen LogP contribution < -0.4 is 15.1 Å². The van der Waals surface area contributed by atoms with Crippen LogP contribution in [0, 0.1) is 0 Å². The van der Waals surface area contributed by atoms with Crippen LogP contribution >= 0.6 is 0 Å². The number of nitrogens with zero attached hydrogens (tertiary/aromatic N) is 2. The fourth-order valence-corrected chi connectivity index (χ4v) is 2.80. The highest BCUT2D eigenvalue weighted by molar-refractivity contribution is 5.56. The van der Waals surface area contributed by atoms with Crippen molar-refractivity contribution in [3.63, 3.8) is 0 Å². The molecule has 2 aliphatic heterocycles. The molecule has 3 rings (SSSR count). The van der Waals surface area contributed by atoms with E-state index in [2.05, 4.69) is 39.4 Å². The van der Waals surface area contributed by atoms with Crippen molar-refractivity contribution in [2.24, 2.45) is 0 Å². The van der Waals surface area contributed by atoms with Crippen molar-refractivity contribution in [1.29, 1.82) is 0 Å². The molecular formula is C15H23N3O. The molecule has 2 saturated heterocycles. The average molecular weight is 261 g/mol. The van der Waals surface area contributed by atoms with Crippen molar-refractivity contribution in [2.75, 3.05) is 62.3 Å². The Bertz CT molecular complexity index is 379. The maximum Gasteiger partial charge on any atom is 0.0642 e. The number of morpholine rings is 1. The van der Waals surface area contributed by atoms with Crippen molar-refractivity contribution >= 4 is 11.4 Å². The quantitative estimate of drug-likeness (QED) is 0.869. The Balaban J connectivity index is 1.67. The smallest absolute Gasteiger partial charge is 0.0642 e. The van der Waals surface area contributed by atoms with Crippen molar-refractivity contribution < 1.29 is 4.74 Å². The zero-order valence-corrected chi connectivity index (χ0v) is 11.5. The van der Waals surface area contributed by atoms with Gasteiger partial charge in [0.25, 0.3) is 0 Å². The third-order valence-corrected chi connectivity index (χ3v) is 3.93. The van der Waals surface area contributed by atoms with Crippen LogP contribution in [0.15, 0.2) is 24.3 Å². The van der Waals surface area contributed by atoms with Crippen molar-refractivity contribution in [1.82, 2.24) is 5.32 Å². The molecule has 4 nitrogen and oxygen atoms in total. The van der Waals surface area contributed by atoms with Crippen LogP contribution in [-0.4, -0.2) is 52.5 Å². The molecule has 104 valence electrons. The third kappa shape index (κ3) is 3.19. The average Bonchev–Trinajstić information content (AvgIpc) is 2.77. The second-order valence-corrected chi connectivity index (χ2v) is 5.21. The molecule has 0 aromatic heterocycles. The number of hydrogen-bond donors (Lipinski definition) is 1. The Hall–Kier alpha value is -1.26. The summed E-state index contributed by atoms with van der Waals surface area (Å²) in [6, 6.07) is 9.02. The molecule has 0 aliphatic carbocycles. The number of benzene rings is 1. The van der Waals surface area contributed by atoms with Gasteiger partial charge in [0.2, 0.25) is 0 Å². The maximum absolute atomic E-state index is 5.40. The first kappa shape index (κ1) is 12.8. The molecule has 1 N–H and O–H groups in total. The highest BCUT2D eigenvalue weighted by atomic mass is 16.5. The summed E-state index contributed by atoms with van der Waals surface area (Å²) in [5.41, 5.74) is 2.67. The molecule has 2 heterocycles. The van der Waals surface area contributed by atoms with Crippen LogP contribution in [0.25, 0.3) is 0 Å². The van der Waals surface area contributed by atoms with E-state index in [1.807, 2.05) is 0 Å². The first-order valence-electron chi connectivity index (χ1n) is 7.32. The Morgan fingerprint density at radius 3 is 2.11 bits per heavy atom. The van der Waals surface area contributed by atoms with E-state index in [1.54, 1.807) is 0 Å². The standard InChI is InChI=1S/C15H23N3O/c1-6-16-7-9-17(8-1)14-2-4-15(5-3-14)18-10-12-19-13-11-18/h2-5,16H,1,6-13H2.